The van der Waals surface area contributed by atoms with Crippen LogP contribution in [0, 0.1) is 0 Å². The van der Waals surface area contributed by atoms with Crippen LogP contribution in [0.2, 0.25) is 0 Å². The van der Waals surface area contributed by atoms with Gasteiger partial charge >= 0.3 is 11.9 Å². The van der Waals surface area contributed by atoms with Crippen LogP contribution in [0.25, 0.3) is 0 Å². The van der Waals surface area contributed by atoms with Crippen LogP contribution in [-0.2, 0) is 23.9 Å². The maximum Gasteiger partial charge on any atom is 0.320 e. The lowest BCUT2D eigenvalue weighted by Gasteiger charge is -2.12. The van der Waals surface area contributed by atoms with Gasteiger partial charge in [0.25, 0.3) is 0 Å². The fraction of sp³-hybridized carbons (Fsp3) is 0.800. The van der Waals surface area contributed by atoms with Gasteiger partial charge in [0.15, 0.2) is 11.9 Å². The summed E-state index contributed by atoms with van der Waals surface area (Å²) in [4.78, 5) is 34.3. The minimum atomic E-state index is -0.739. The molecule has 1 atom stereocenters. The van der Waals surface area contributed by atoms with Gasteiger partial charge in [0, 0.05) is 13.0 Å². The van der Waals surface area contributed by atoms with Crippen LogP contribution in [0.5, 0.6) is 0 Å². The molecule has 0 aromatic rings. The second kappa shape index (κ2) is 13.2. The zero-order valence-electron chi connectivity index (χ0n) is 13.6. The summed E-state index contributed by atoms with van der Waals surface area (Å²) in [6.45, 7) is 4.56. The zero-order chi connectivity index (χ0) is 16.8. The van der Waals surface area contributed by atoms with Gasteiger partial charge in [-0.1, -0.05) is 6.42 Å². The molecule has 0 rings (SSSR count). The first kappa shape index (κ1) is 20.5. The number of esters is 2. The lowest BCUT2D eigenvalue weighted by Crippen LogP contribution is -2.31. The van der Waals surface area contributed by atoms with Crippen molar-refractivity contribution >= 4 is 17.7 Å². The second-order valence-electron chi connectivity index (χ2n) is 4.93. The van der Waals surface area contributed by atoms with E-state index in [2.05, 4.69) is 5.32 Å². The number of Topliss-reactive ketones (excluding diaryl/α,β-unsaturated/α-hetero) is 1. The van der Waals surface area contributed by atoms with E-state index in [0.717, 1.165) is 19.3 Å². The van der Waals surface area contributed by atoms with Crippen molar-refractivity contribution in [3.63, 3.8) is 0 Å². The van der Waals surface area contributed by atoms with E-state index in [9.17, 15) is 14.4 Å². The van der Waals surface area contributed by atoms with Crippen LogP contribution in [-0.4, -0.2) is 50.1 Å². The molecule has 0 radical (unpaired) electrons. The second-order valence-corrected chi connectivity index (χ2v) is 4.93. The third-order valence-electron chi connectivity index (χ3n) is 2.97. The van der Waals surface area contributed by atoms with Crippen molar-refractivity contribution in [2.75, 3.05) is 26.2 Å². The highest BCUT2D eigenvalue weighted by Crippen LogP contribution is 2.04. The van der Waals surface area contributed by atoms with E-state index in [1.807, 2.05) is 0 Å². The number of hydrogen-bond acceptors (Lipinski definition) is 7. The molecule has 7 heteroatoms. The summed E-state index contributed by atoms with van der Waals surface area (Å²) in [5, 5.41) is 2.78. The quantitative estimate of drug-likeness (QED) is 0.377. The predicted molar refractivity (Wildman–Crippen MR) is 82.2 cm³/mol. The van der Waals surface area contributed by atoms with Crippen molar-refractivity contribution in [3.8, 4) is 0 Å². The van der Waals surface area contributed by atoms with E-state index in [1.165, 1.54) is 0 Å². The summed E-state index contributed by atoms with van der Waals surface area (Å²) in [5.41, 5.74) is 5.37. The first-order chi connectivity index (χ1) is 10.5. The Morgan fingerprint density at radius 3 is 2.45 bits per heavy atom. The Balaban J connectivity index is 3.72. The highest BCUT2D eigenvalue weighted by Gasteiger charge is 2.16. The topological polar surface area (TPSA) is 108 Å². The minimum absolute atomic E-state index is 0.0375. The number of hydrogen-bond donors (Lipinski definition) is 2. The molecule has 0 fully saturated rings. The summed E-state index contributed by atoms with van der Waals surface area (Å²) in [6.07, 6.45) is 2.40. The van der Waals surface area contributed by atoms with Crippen LogP contribution in [0.3, 0.4) is 0 Å². The molecule has 0 aliphatic heterocycles. The van der Waals surface area contributed by atoms with Crippen LogP contribution < -0.4 is 11.1 Å². The molecule has 7 nitrogen and oxygen atoms in total. The van der Waals surface area contributed by atoms with Gasteiger partial charge in [-0.25, -0.2) is 0 Å². The molecule has 0 amide bonds. The summed E-state index contributed by atoms with van der Waals surface area (Å²) in [6, 6.07) is 0. The van der Waals surface area contributed by atoms with Crippen molar-refractivity contribution in [1.29, 1.82) is 0 Å². The predicted octanol–water partition coefficient (Wildman–Crippen LogP) is 0.549. The van der Waals surface area contributed by atoms with E-state index < -0.39 is 12.1 Å². The molecule has 22 heavy (non-hydrogen) atoms. The largest absolute Gasteiger partial charge is 0.466 e. The van der Waals surface area contributed by atoms with Gasteiger partial charge in [0.2, 0.25) is 0 Å². The standard InChI is InChI=1S/C15H28N2O5/c1-3-21-14(19)8-10-17-11-15(20)22-12(2)13(18)7-5-4-6-9-16/h12,17H,3-11,16H2,1-2H3. The number of ether oxygens (including phenoxy) is 2. The third kappa shape index (κ3) is 11.2. The maximum absolute atomic E-state index is 11.7. The first-order valence-electron chi connectivity index (χ1n) is 7.79. The molecule has 0 aromatic carbocycles. The fourth-order valence-electron chi connectivity index (χ4n) is 1.74. The zero-order valence-corrected chi connectivity index (χ0v) is 13.6. The molecule has 0 aliphatic carbocycles. The van der Waals surface area contributed by atoms with Gasteiger partial charge in [0.1, 0.15) is 0 Å². The number of carbonyl (C=O) groups excluding carboxylic acids is 3. The summed E-state index contributed by atoms with van der Waals surface area (Å²) in [7, 11) is 0. The van der Waals surface area contributed by atoms with E-state index in [0.29, 0.717) is 26.1 Å². The van der Waals surface area contributed by atoms with Crippen molar-refractivity contribution in [3.05, 3.63) is 0 Å². The van der Waals surface area contributed by atoms with Crippen LogP contribution in [0.4, 0.5) is 0 Å². The van der Waals surface area contributed by atoms with E-state index in [1.54, 1.807) is 13.8 Å². The van der Waals surface area contributed by atoms with Gasteiger partial charge in [-0.3, -0.25) is 14.4 Å². The molecule has 128 valence electrons. The van der Waals surface area contributed by atoms with Gasteiger partial charge in [-0.15, -0.1) is 0 Å². The Kier molecular flexibility index (Phi) is 12.3. The minimum Gasteiger partial charge on any atom is -0.466 e. The molecular weight excluding hydrogens is 288 g/mol. The molecule has 0 bridgehead atoms. The van der Waals surface area contributed by atoms with Crippen molar-refractivity contribution < 1.29 is 23.9 Å². The first-order valence-corrected chi connectivity index (χ1v) is 7.79. The molecular formula is C15H28N2O5. The molecule has 1 unspecified atom stereocenters. The molecule has 3 N–H and O–H groups in total. The van der Waals surface area contributed by atoms with Crippen LogP contribution in [0.15, 0.2) is 0 Å². The number of rotatable bonds is 13. The fourth-order valence-corrected chi connectivity index (χ4v) is 1.74. The molecule has 0 saturated carbocycles. The van der Waals surface area contributed by atoms with E-state index in [4.69, 9.17) is 15.2 Å². The average Bonchev–Trinajstić information content (AvgIpc) is 2.48. The van der Waals surface area contributed by atoms with Gasteiger partial charge < -0.3 is 20.5 Å². The van der Waals surface area contributed by atoms with E-state index in [-0.39, 0.29) is 24.7 Å². The Morgan fingerprint density at radius 1 is 1.09 bits per heavy atom. The van der Waals surface area contributed by atoms with E-state index >= 15 is 0 Å². The van der Waals surface area contributed by atoms with Crippen molar-refractivity contribution in [2.45, 2.75) is 52.1 Å². The highest BCUT2D eigenvalue weighted by molar-refractivity contribution is 5.85. The van der Waals surface area contributed by atoms with Crippen molar-refractivity contribution in [2.24, 2.45) is 5.73 Å². The monoisotopic (exact) mass is 316 g/mol. The summed E-state index contributed by atoms with van der Waals surface area (Å²) < 4.78 is 9.78. The number of nitrogens with two attached hydrogens (primary N) is 1. The Hall–Kier alpha value is -1.47. The molecule has 0 aromatic heterocycles. The number of ketones is 1. The molecule has 0 heterocycles. The summed E-state index contributed by atoms with van der Waals surface area (Å²) in [5.74, 6) is -0.909. The number of unbranched alkanes of at least 4 members (excludes halogenated alkanes) is 2. The summed E-state index contributed by atoms with van der Waals surface area (Å²) >= 11 is 0. The van der Waals surface area contributed by atoms with Gasteiger partial charge in [0.05, 0.1) is 19.6 Å². The van der Waals surface area contributed by atoms with Gasteiger partial charge in [-0.05, 0) is 33.2 Å². The van der Waals surface area contributed by atoms with Crippen molar-refractivity contribution in [1.82, 2.24) is 5.32 Å². The average molecular weight is 316 g/mol. The smallest absolute Gasteiger partial charge is 0.320 e. The lowest BCUT2D eigenvalue weighted by atomic mass is 10.1. The molecule has 0 saturated heterocycles. The highest BCUT2D eigenvalue weighted by atomic mass is 16.5. The third-order valence-corrected chi connectivity index (χ3v) is 2.97. The van der Waals surface area contributed by atoms with Gasteiger partial charge in [-0.2, -0.15) is 0 Å². The Bertz CT molecular complexity index is 347. The van der Waals surface area contributed by atoms with Crippen LogP contribution in [0.1, 0.15) is 46.0 Å². The Labute approximate surface area is 131 Å². The maximum atomic E-state index is 11.7. The SMILES string of the molecule is CCOC(=O)CCNCC(=O)OC(C)C(=O)CCCCCN. The lowest BCUT2D eigenvalue weighted by molar-refractivity contribution is -0.153. The number of nitrogens with one attached hydrogen (secondary N) is 1. The number of carbonyl (C=O) groups is 3. The normalized spacial score (nSPS) is 11.8. The Morgan fingerprint density at radius 2 is 1.82 bits per heavy atom. The van der Waals surface area contributed by atoms with Crippen LogP contribution >= 0.6 is 0 Å². The molecule has 0 spiro atoms. The molecule has 0 aliphatic rings.